The number of anilines is 1. The van der Waals surface area contributed by atoms with E-state index in [2.05, 4.69) is 27.3 Å². The molecule has 1 aliphatic heterocycles. The predicted octanol–water partition coefficient (Wildman–Crippen LogP) is 3.52. The van der Waals surface area contributed by atoms with Crippen molar-refractivity contribution in [2.75, 3.05) is 52.3 Å². The van der Waals surface area contributed by atoms with Crippen LogP contribution in [0.15, 0.2) is 30.5 Å². The average molecular weight is 385 g/mol. The monoisotopic (exact) mass is 384 g/mol. The summed E-state index contributed by atoms with van der Waals surface area (Å²) in [6.07, 6.45) is 3.09. The highest BCUT2D eigenvalue weighted by atomic mass is 32.1. The Hall–Kier alpha value is -2.38. The molecule has 3 aromatic rings. The number of rotatable bonds is 4. The van der Waals surface area contributed by atoms with Crippen molar-refractivity contribution in [3.8, 4) is 22.6 Å². The van der Waals surface area contributed by atoms with Crippen LogP contribution in [0, 0.1) is 0 Å². The van der Waals surface area contributed by atoms with Crippen LogP contribution in [-0.4, -0.2) is 61.7 Å². The number of methoxy groups -OCH3 is 2. The first-order chi connectivity index (χ1) is 13.2. The maximum absolute atomic E-state index is 5.42. The molecule has 0 bridgehead atoms. The van der Waals surface area contributed by atoms with Crippen LogP contribution in [-0.2, 0) is 0 Å². The SMILES string of the molecule is COc1ccc(-c2cnc3c(N4CCCN(C)CC4)snc3c2)cc1OC. The van der Waals surface area contributed by atoms with Crippen LogP contribution >= 0.6 is 11.5 Å². The highest BCUT2D eigenvalue weighted by molar-refractivity contribution is 7.11. The van der Waals surface area contributed by atoms with Crippen LogP contribution in [0.2, 0.25) is 0 Å². The molecule has 1 aliphatic rings. The van der Waals surface area contributed by atoms with Gasteiger partial charge in [0, 0.05) is 31.4 Å². The van der Waals surface area contributed by atoms with Gasteiger partial charge in [0.2, 0.25) is 0 Å². The molecule has 1 aromatic carbocycles. The summed E-state index contributed by atoms with van der Waals surface area (Å²) in [5, 5.41) is 1.18. The fourth-order valence-electron chi connectivity index (χ4n) is 3.45. The van der Waals surface area contributed by atoms with Crippen molar-refractivity contribution in [2.45, 2.75) is 6.42 Å². The zero-order valence-corrected chi connectivity index (χ0v) is 16.8. The first-order valence-corrected chi connectivity index (χ1v) is 9.88. The second-order valence-corrected chi connectivity index (χ2v) is 7.54. The number of ether oxygens (including phenoxy) is 2. The lowest BCUT2D eigenvalue weighted by Gasteiger charge is -2.20. The minimum Gasteiger partial charge on any atom is -0.493 e. The van der Waals surface area contributed by atoms with E-state index in [4.69, 9.17) is 14.5 Å². The molecule has 0 aliphatic carbocycles. The molecule has 0 N–H and O–H groups in total. The van der Waals surface area contributed by atoms with Gasteiger partial charge in [0.05, 0.1) is 14.2 Å². The van der Waals surface area contributed by atoms with Crippen molar-refractivity contribution in [1.29, 1.82) is 0 Å². The summed E-state index contributed by atoms with van der Waals surface area (Å²) in [5.41, 5.74) is 4.00. The Morgan fingerprint density at radius 3 is 2.63 bits per heavy atom. The van der Waals surface area contributed by atoms with Gasteiger partial charge in [-0.25, -0.2) is 0 Å². The van der Waals surface area contributed by atoms with Crippen molar-refractivity contribution < 1.29 is 9.47 Å². The molecule has 142 valence electrons. The average Bonchev–Trinajstić information content (AvgIpc) is 3.01. The molecule has 1 fully saturated rings. The van der Waals surface area contributed by atoms with E-state index in [1.54, 1.807) is 25.8 Å². The van der Waals surface area contributed by atoms with Crippen LogP contribution in [0.1, 0.15) is 6.42 Å². The Bertz CT molecular complexity index is 943. The van der Waals surface area contributed by atoms with E-state index in [-0.39, 0.29) is 0 Å². The first kappa shape index (κ1) is 18.0. The highest BCUT2D eigenvalue weighted by Gasteiger charge is 2.19. The molecule has 0 amide bonds. The standard InChI is InChI=1S/C20H24N4O2S/c1-23-7-4-8-24(10-9-23)20-19-16(22-27-20)11-15(13-21-19)14-5-6-17(25-2)18(12-14)26-3/h5-6,11-13H,4,7-10H2,1-3H3. The molecule has 1 saturated heterocycles. The fraction of sp³-hybridized carbons (Fsp3) is 0.400. The number of hydrogen-bond donors (Lipinski definition) is 0. The zero-order chi connectivity index (χ0) is 18.8. The Balaban J connectivity index is 1.66. The second-order valence-electron chi connectivity index (χ2n) is 6.79. The van der Waals surface area contributed by atoms with Crippen LogP contribution in [0.5, 0.6) is 11.5 Å². The van der Waals surface area contributed by atoms with E-state index in [1.807, 2.05) is 24.4 Å². The minimum absolute atomic E-state index is 0.711. The fourth-order valence-corrected chi connectivity index (χ4v) is 4.32. The minimum atomic E-state index is 0.711. The summed E-state index contributed by atoms with van der Waals surface area (Å²) in [6, 6.07) is 8.01. The molecule has 0 spiro atoms. The lowest BCUT2D eigenvalue weighted by Crippen LogP contribution is -2.28. The van der Waals surface area contributed by atoms with Gasteiger partial charge in [-0.15, -0.1) is 0 Å². The van der Waals surface area contributed by atoms with Gasteiger partial charge in [0.15, 0.2) is 11.5 Å². The number of nitrogens with zero attached hydrogens (tertiary/aromatic N) is 4. The van der Waals surface area contributed by atoms with Crippen molar-refractivity contribution >= 4 is 27.6 Å². The lowest BCUT2D eigenvalue weighted by atomic mass is 10.1. The third kappa shape index (κ3) is 3.57. The van der Waals surface area contributed by atoms with Crippen LogP contribution in [0.25, 0.3) is 22.2 Å². The van der Waals surface area contributed by atoms with E-state index in [9.17, 15) is 0 Å². The normalized spacial score (nSPS) is 15.7. The van der Waals surface area contributed by atoms with E-state index in [0.29, 0.717) is 5.75 Å². The van der Waals surface area contributed by atoms with Crippen LogP contribution in [0.4, 0.5) is 5.00 Å². The van der Waals surface area contributed by atoms with Gasteiger partial charge in [0.25, 0.3) is 0 Å². The van der Waals surface area contributed by atoms with E-state index in [0.717, 1.165) is 54.1 Å². The molecule has 0 saturated carbocycles. The molecule has 27 heavy (non-hydrogen) atoms. The topological polar surface area (TPSA) is 50.7 Å². The maximum atomic E-state index is 5.42. The Kier molecular flexibility index (Phi) is 5.13. The molecule has 7 heteroatoms. The van der Waals surface area contributed by atoms with Crippen molar-refractivity contribution in [1.82, 2.24) is 14.3 Å². The molecule has 0 atom stereocenters. The molecular weight excluding hydrogens is 360 g/mol. The Morgan fingerprint density at radius 2 is 1.81 bits per heavy atom. The summed E-state index contributed by atoms with van der Waals surface area (Å²) in [5.74, 6) is 1.43. The third-order valence-electron chi connectivity index (χ3n) is 5.02. The second kappa shape index (κ2) is 7.70. The van der Waals surface area contributed by atoms with Gasteiger partial charge in [-0.05, 0) is 55.3 Å². The van der Waals surface area contributed by atoms with Gasteiger partial charge in [-0.3, -0.25) is 4.98 Å². The summed E-state index contributed by atoms with van der Waals surface area (Å²) >= 11 is 1.55. The molecule has 3 heterocycles. The van der Waals surface area contributed by atoms with Crippen LogP contribution in [0.3, 0.4) is 0 Å². The largest absolute Gasteiger partial charge is 0.493 e. The number of hydrogen-bond acceptors (Lipinski definition) is 7. The van der Waals surface area contributed by atoms with E-state index >= 15 is 0 Å². The van der Waals surface area contributed by atoms with E-state index < -0.39 is 0 Å². The van der Waals surface area contributed by atoms with Gasteiger partial charge in [0.1, 0.15) is 16.0 Å². The molecule has 4 rings (SSSR count). The molecular formula is C20H24N4O2S. The molecule has 2 aromatic heterocycles. The van der Waals surface area contributed by atoms with Crippen LogP contribution < -0.4 is 14.4 Å². The van der Waals surface area contributed by atoms with Crippen molar-refractivity contribution in [3.05, 3.63) is 30.5 Å². The van der Waals surface area contributed by atoms with Gasteiger partial charge in [-0.1, -0.05) is 6.07 Å². The summed E-state index contributed by atoms with van der Waals surface area (Å²) in [6.45, 7) is 4.29. The van der Waals surface area contributed by atoms with Crippen molar-refractivity contribution in [3.63, 3.8) is 0 Å². The maximum Gasteiger partial charge on any atom is 0.161 e. The highest BCUT2D eigenvalue weighted by Crippen LogP contribution is 2.35. The molecule has 0 radical (unpaired) electrons. The first-order valence-electron chi connectivity index (χ1n) is 9.11. The lowest BCUT2D eigenvalue weighted by molar-refractivity contribution is 0.355. The van der Waals surface area contributed by atoms with E-state index in [1.165, 1.54) is 11.4 Å². The molecule has 6 nitrogen and oxygen atoms in total. The van der Waals surface area contributed by atoms with Gasteiger partial charge >= 0.3 is 0 Å². The van der Waals surface area contributed by atoms with Gasteiger partial charge < -0.3 is 19.3 Å². The van der Waals surface area contributed by atoms with Crippen molar-refractivity contribution in [2.24, 2.45) is 0 Å². The number of likely N-dealkylation sites (N-methyl/N-ethyl adjacent to an activating group) is 1. The summed E-state index contributed by atoms with van der Waals surface area (Å²) < 4.78 is 15.4. The zero-order valence-electron chi connectivity index (χ0n) is 15.9. The third-order valence-corrected chi connectivity index (χ3v) is 5.94. The quantitative estimate of drug-likeness (QED) is 0.686. The number of fused-ring (bicyclic) bond motifs is 1. The summed E-state index contributed by atoms with van der Waals surface area (Å²) in [7, 11) is 5.47. The number of aromatic nitrogens is 2. The predicted molar refractivity (Wildman–Crippen MR) is 110 cm³/mol. The number of pyridine rings is 1. The molecule has 0 unspecified atom stereocenters. The van der Waals surface area contributed by atoms with Gasteiger partial charge in [-0.2, -0.15) is 4.37 Å². The Labute approximate surface area is 163 Å². The number of benzene rings is 1. The smallest absolute Gasteiger partial charge is 0.161 e. The Morgan fingerprint density at radius 1 is 0.963 bits per heavy atom. The summed E-state index contributed by atoms with van der Waals surface area (Å²) in [4.78, 5) is 9.56.